The quantitative estimate of drug-likeness (QED) is 0.554. The van der Waals surface area contributed by atoms with Crippen LogP contribution < -0.4 is 0 Å². The zero-order chi connectivity index (χ0) is 12.7. The lowest BCUT2D eigenvalue weighted by molar-refractivity contribution is 1.31. The smallest absolute Gasteiger partial charge is 0.178 e. The van der Waals surface area contributed by atoms with Gasteiger partial charge in [-0.3, -0.25) is 0 Å². The number of nitrogens with zero attached hydrogens (tertiary/aromatic N) is 2. The summed E-state index contributed by atoms with van der Waals surface area (Å²) in [6.45, 7) is 0. The van der Waals surface area contributed by atoms with Crippen molar-refractivity contribution >= 4 is 21.9 Å². The summed E-state index contributed by atoms with van der Waals surface area (Å²) in [4.78, 5) is 12.2. The van der Waals surface area contributed by atoms with E-state index in [9.17, 15) is 0 Å². The van der Waals surface area contributed by atoms with Gasteiger partial charge in [0, 0.05) is 11.8 Å². The minimum Gasteiger partial charge on any atom is -0.337 e. The Labute approximate surface area is 110 Å². The highest BCUT2D eigenvalue weighted by Gasteiger charge is 2.08. The van der Waals surface area contributed by atoms with Crippen LogP contribution in [-0.4, -0.2) is 15.0 Å². The van der Waals surface area contributed by atoms with Gasteiger partial charge in [-0.25, -0.2) is 9.97 Å². The summed E-state index contributed by atoms with van der Waals surface area (Å²) >= 11 is 0. The number of benzene rings is 2. The Balaban J connectivity index is 2.03. The molecule has 0 spiro atoms. The van der Waals surface area contributed by atoms with Crippen molar-refractivity contribution < 1.29 is 0 Å². The van der Waals surface area contributed by atoms with Crippen molar-refractivity contribution in [3.05, 3.63) is 60.8 Å². The van der Waals surface area contributed by atoms with Crippen LogP contribution in [0.25, 0.3) is 33.3 Å². The highest BCUT2D eigenvalue weighted by atomic mass is 15.0. The second kappa shape index (κ2) is 3.92. The summed E-state index contributed by atoms with van der Waals surface area (Å²) in [5.41, 5.74) is 2.83. The molecule has 0 atom stereocenters. The van der Waals surface area contributed by atoms with Crippen LogP contribution in [0.15, 0.2) is 60.8 Å². The number of H-pyrrole nitrogens is 1. The third kappa shape index (κ3) is 1.59. The Morgan fingerprint density at radius 3 is 2.68 bits per heavy atom. The lowest BCUT2D eigenvalue weighted by Gasteiger charge is -2.02. The molecule has 0 amide bonds. The molecule has 3 heteroatoms. The van der Waals surface area contributed by atoms with Gasteiger partial charge in [0.05, 0.1) is 5.52 Å². The molecule has 90 valence electrons. The van der Waals surface area contributed by atoms with Crippen molar-refractivity contribution in [2.24, 2.45) is 0 Å². The van der Waals surface area contributed by atoms with Gasteiger partial charge in [-0.1, -0.05) is 42.5 Å². The van der Waals surface area contributed by atoms with Crippen LogP contribution in [0.5, 0.6) is 0 Å². The topological polar surface area (TPSA) is 41.6 Å². The van der Waals surface area contributed by atoms with Crippen molar-refractivity contribution in [3.8, 4) is 11.4 Å². The number of pyridine rings is 1. The monoisotopic (exact) mass is 245 g/mol. The molecule has 2 heterocycles. The third-order valence-electron chi connectivity index (χ3n) is 3.30. The van der Waals surface area contributed by atoms with E-state index < -0.39 is 0 Å². The van der Waals surface area contributed by atoms with E-state index in [2.05, 4.69) is 45.3 Å². The third-order valence-corrected chi connectivity index (χ3v) is 3.30. The van der Waals surface area contributed by atoms with Gasteiger partial charge in [-0.2, -0.15) is 0 Å². The number of aromatic nitrogens is 3. The van der Waals surface area contributed by atoms with E-state index in [1.807, 2.05) is 24.3 Å². The first-order valence-corrected chi connectivity index (χ1v) is 6.21. The first kappa shape index (κ1) is 10.3. The molecule has 0 saturated carbocycles. The van der Waals surface area contributed by atoms with Gasteiger partial charge in [-0.15, -0.1) is 0 Å². The fourth-order valence-corrected chi connectivity index (χ4v) is 2.40. The van der Waals surface area contributed by atoms with Crippen LogP contribution in [0.4, 0.5) is 0 Å². The summed E-state index contributed by atoms with van der Waals surface area (Å²) in [6, 6.07) is 18.5. The predicted octanol–water partition coefficient (Wildman–Crippen LogP) is 3.78. The summed E-state index contributed by atoms with van der Waals surface area (Å²) in [7, 11) is 0. The molecule has 1 N–H and O–H groups in total. The normalized spacial score (nSPS) is 11.2. The van der Waals surface area contributed by atoms with Crippen molar-refractivity contribution in [1.29, 1.82) is 0 Å². The van der Waals surface area contributed by atoms with E-state index in [1.165, 1.54) is 10.8 Å². The molecule has 2 aromatic carbocycles. The van der Waals surface area contributed by atoms with Crippen LogP contribution in [0.2, 0.25) is 0 Å². The Hall–Kier alpha value is -2.68. The molecule has 0 saturated heterocycles. The molecule has 19 heavy (non-hydrogen) atoms. The van der Waals surface area contributed by atoms with E-state index in [4.69, 9.17) is 0 Å². The molecular formula is C16H11N3. The van der Waals surface area contributed by atoms with Crippen LogP contribution >= 0.6 is 0 Å². The molecule has 3 nitrogen and oxygen atoms in total. The lowest BCUT2D eigenvalue weighted by Crippen LogP contribution is -1.83. The van der Waals surface area contributed by atoms with Crippen molar-refractivity contribution in [1.82, 2.24) is 15.0 Å². The standard InChI is InChI=1S/C16H11N3/c1-2-7-12-11(5-1)6-3-8-13(12)15-18-14-9-4-10-17-16(14)19-15/h1-10H,(H,17,18,19). The minimum atomic E-state index is 0.755. The van der Waals surface area contributed by atoms with Gasteiger partial charge in [-0.05, 0) is 22.9 Å². The number of hydrogen-bond acceptors (Lipinski definition) is 2. The average Bonchev–Trinajstić information content (AvgIpc) is 2.90. The minimum absolute atomic E-state index is 0.755. The first-order valence-electron chi connectivity index (χ1n) is 6.21. The van der Waals surface area contributed by atoms with Crippen LogP contribution in [0.3, 0.4) is 0 Å². The second-order valence-electron chi connectivity index (χ2n) is 4.49. The Morgan fingerprint density at radius 1 is 0.842 bits per heavy atom. The molecule has 0 aliphatic heterocycles. The number of imidazole rings is 1. The molecule has 0 bridgehead atoms. The number of fused-ring (bicyclic) bond motifs is 2. The molecule has 2 aromatic heterocycles. The second-order valence-corrected chi connectivity index (χ2v) is 4.49. The Morgan fingerprint density at radius 2 is 1.74 bits per heavy atom. The van der Waals surface area contributed by atoms with Gasteiger partial charge in [0.25, 0.3) is 0 Å². The van der Waals surface area contributed by atoms with Gasteiger partial charge in [0.1, 0.15) is 5.82 Å². The Bertz CT molecular complexity index is 839. The van der Waals surface area contributed by atoms with Gasteiger partial charge < -0.3 is 4.98 Å². The maximum absolute atomic E-state index is 4.57. The highest BCUT2D eigenvalue weighted by molar-refractivity contribution is 5.96. The summed E-state index contributed by atoms with van der Waals surface area (Å²) in [5.74, 6) is 0.866. The van der Waals surface area contributed by atoms with Crippen LogP contribution in [0.1, 0.15) is 0 Å². The van der Waals surface area contributed by atoms with Gasteiger partial charge >= 0.3 is 0 Å². The van der Waals surface area contributed by atoms with E-state index >= 15 is 0 Å². The molecule has 0 aliphatic rings. The van der Waals surface area contributed by atoms with Gasteiger partial charge in [0.15, 0.2) is 5.65 Å². The van der Waals surface area contributed by atoms with Crippen LogP contribution in [-0.2, 0) is 0 Å². The molecule has 0 aliphatic carbocycles. The van der Waals surface area contributed by atoms with E-state index in [0.29, 0.717) is 0 Å². The van der Waals surface area contributed by atoms with Crippen LogP contribution in [0, 0.1) is 0 Å². The SMILES string of the molecule is c1ccc2c(-c3nc4ncccc4[nH]3)cccc2c1. The zero-order valence-electron chi connectivity index (χ0n) is 10.2. The average molecular weight is 245 g/mol. The fourth-order valence-electron chi connectivity index (χ4n) is 2.40. The predicted molar refractivity (Wildman–Crippen MR) is 76.8 cm³/mol. The molecule has 0 radical (unpaired) electrons. The number of hydrogen-bond donors (Lipinski definition) is 1. The van der Waals surface area contributed by atoms with E-state index in [-0.39, 0.29) is 0 Å². The Kier molecular flexibility index (Phi) is 2.12. The van der Waals surface area contributed by atoms with Crippen molar-refractivity contribution in [2.75, 3.05) is 0 Å². The van der Waals surface area contributed by atoms with E-state index in [1.54, 1.807) is 6.20 Å². The van der Waals surface area contributed by atoms with Crippen molar-refractivity contribution in [3.63, 3.8) is 0 Å². The molecule has 0 fully saturated rings. The maximum Gasteiger partial charge on any atom is 0.178 e. The molecule has 4 rings (SSSR count). The fraction of sp³-hybridized carbons (Fsp3) is 0. The molecule has 4 aromatic rings. The first-order chi connectivity index (χ1) is 9.42. The van der Waals surface area contributed by atoms with Crippen molar-refractivity contribution in [2.45, 2.75) is 0 Å². The maximum atomic E-state index is 4.57. The highest BCUT2D eigenvalue weighted by Crippen LogP contribution is 2.27. The summed E-state index contributed by atoms with van der Waals surface area (Å²) in [5, 5.41) is 2.41. The molecule has 0 unspecified atom stereocenters. The number of nitrogens with one attached hydrogen (secondary N) is 1. The summed E-state index contributed by atoms with van der Waals surface area (Å²) in [6.07, 6.45) is 1.76. The number of rotatable bonds is 1. The lowest BCUT2D eigenvalue weighted by atomic mass is 10.0. The zero-order valence-corrected chi connectivity index (χ0v) is 10.2. The largest absolute Gasteiger partial charge is 0.337 e. The van der Waals surface area contributed by atoms with E-state index in [0.717, 1.165) is 22.6 Å². The molecular weight excluding hydrogens is 234 g/mol. The summed E-state index contributed by atoms with van der Waals surface area (Å²) < 4.78 is 0. The van der Waals surface area contributed by atoms with Gasteiger partial charge in [0.2, 0.25) is 0 Å². The number of aromatic amines is 1.